The lowest BCUT2D eigenvalue weighted by Gasteiger charge is -2.17. The summed E-state index contributed by atoms with van der Waals surface area (Å²) in [5, 5.41) is 2.32. The van der Waals surface area contributed by atoms with Crippen LogP contribution in [0, 0.1) is 0 Å². The van der Waals surface area contributed by atoms with Gasteiger partial charge in [-0.25, -0.2) is 9.59 Å². The normalized spacial score (nSPS) is 10.2. The molecular formula is C20H23N3O8. The third kappa shape index (κ3) is 6.29. The van der Waals surface area contributed by atoms with Crippen molar-refractivity contribution in [1.82, 2.24) is 15.3 Å². The maximum Gasteiger partial charge on any atom is 0.340 e. The standard InChI is InChI=1S/C20H23N3O8/c1-5-29-18(25)16(19(26)30-6-2)23-17(24)12-9-7-8-10-13(12)31-20-21-14(27-3)11-15(22-20)28-4/h7-11,16H,5-6H2,1-4H3,(H,23,24). The quantitative estimate of drug-likeness (QED) is 0.434. The van der Waals surface area contributed by atoms with Crippen LogP contribution in [0.4, 0.5) is 0 Å². The summed E-state index contributed by atoms with van der Waals surface area (Å²) >= 11 is 0. The highest BCUT2D eigenvalue weighted by atomic mass is 16.6. The molecule has 2 rings (SSSR count). The Balaban J connectivity index is 2.30. The first-order valence-electron chi connectivity index (χ1n) is 9.31. The average Bonchev–Trinajstić information content (AvgIpc) is 2.77. The lowest BCUT2D eigenvalue weighted by atomic mass is 10.1. The second kappa shape index (κ2) is 11.3. The molecule has 0 atom stereocenters. The number of methoxy groups -OCH3 is 2. The zero-order chi connectivity index (χ0) is 22.8. The topological polar surface area (TPSA) is 135 Å². The SMILES string of the molecule is CCOC(=O)C(NC(=O)c1ccccc1Oc1nc(OC)cc(OC)n1)C(=O)OCC. The van der Waals surface area contributed by atoms with Crippen LogP contribution in [0.1, 0.15) is 24.2 Å². The Hall–Kier alpha value is -3.89. The third-order valence-corrected chi connectivity index (χ3v) is 3.73. The number of carbonyl (C=O) groups is 3. The van der Waals surface area contributed by atoms with Crippen molar-refractivity contribution in [3.8, 4) is 23.5 Å². The number of carbonyl (C=O) groups excluding carboxylic acids is 3. The van der Waals surface area contributed by atoms with Gasteiger partial charge in [0.2, 0.25) is 17.8 Å². The van der Waals surface area contributed by atoms with Crippen LogP contribution in [-0.4, -0.2) is 61.3 Å². The lowest BCUT2D eigenvalue weighted by molar-refractivity contribution is -0.157. The summed E-state index contributed by atoms with van der Waals surface area (Å²) in [7, 11) is 2.83. The number of esters is 2. The second-order valence-corrected chi connectivity index (χ2v) is 5.74. The van der Waals surface area contributed by atoms with Gasteiger partial charge in [-0.2, -0.15) is 9.97 Å². The summed E-state index contributed by atoms with van der Waals surface area (Å²) in [6.45, 7) is 3.21. The van der Waals surface area contributed by atoms with E-state index in [1.54, 1.807) is 26.0 Å². The van der Waals surface area contributed by atoms with E-state index in [0.717, 1.165) is 0 Å². The largest absolute Gasteiger partial charge is 0.481 e. The molecule has 0 radical (unpaired) electrons. The summed E-state index contributed by atoms with van der Waals surface area (Å²) in [5.74, 6) is -2.19. The molecular weight excluding hydrogens is 410 g/mol. The molecule has 1 N–H and O–H groups in total. The number of ether oxygens (including phenoxy) is 5. The van der Waals surface area contributed by atoms with E-state index in [1.165, 1.54) is 32.4 Å². The molecule has 0 aliphatic heterocycles. The molecule has 0 fully saturated rings. The van der Waals surface area contributed by atoms with Crippen LogP contribution in [0.2, 0.25) is 0 Å². The van der Waals surface area contributed by atoms with Crippen LogP contribution in [0.15, 0.2) is 30.3 Å². The molecule has 166 valence electrons. The van der Waals surface area contributed by atoms with Crippen LogP contribution < -0.4 is 19.5 Å². The lowest BCUT2D eigenvalue weighted by Crippen LogP contribution is -2.48. The minimum Gasteiger partial charge on any atom is -0.481 e. The molecule has 0 saturated carbocycles. The Morgan fingerprint density at radius 3 is 2.00 bits per heavy atom. The smallest absolute Gasteiger partial charge is 0.340 e. The van der Waals surface area contributed by atoms with E-state index >= 15 is 0 Å². The first-order chi connectivity index (χ1) is 14.9. The van der Waals surface area contributed by atoms with Gasteiger partial charge >= 0.3 is 17.9 Å². The summed E-state index contributed by atoms with van der Waals surface area (Å²) in [5.41, 5.74) is 0.0199. The second-order valence-electron chi connectivity index (χ2n) is 5.74. The number of aromatic nitrogens is 2. The maximum atomic E-state index is 12.8. The highest BCUT2D eigenvalue weighted by Crippen LogP contribution is 2.26. The predicted molar refractivity (Wildman–Crippen MR) is 106 cm³/mol. The van der Waals surface area contributed by atoms with E-state index in [2.05, 4.69) is 15.3 Å². The molecule has 1 aromatic heterocycles. The van der Waals surface area contributed by atoms with E-state index in [1.807, 2.05) is 0 Å². The molecule has 0 unspecified atom stereocenters. The third-order valence-electron chi connectivity index (χ3n) is 3.73. The molecule has 1 aromatic carbocycles. The van der Waals surface area contributed by atoms with Gasteiger partial charge in [0.05, 0.1) is 39.1 Å². The summed E-state index contributed by atoms with van der Waals surface area (Å²) in [6, 6.07) is 5.83. The van der Waals surface area contributed by atoms with Gasteiger partial charge in [-0.3, -0.25) is 4.79 Å². The summed E-state index contributed by atoms with van der Waals surface area (Å²) < 4.78 is 25.5. The fourth-order valence-electron chi connectivity index (χ4n) is 2.35. The Morgan fingerprint density at radius 2 is 1.48 bits per heavy atom. The molecule has 31 heavy (non-hydrogen) atoms. The number of hydrogen-bond donors (Lipinski definition) is 1. The van der Waals surface area contributed by atoms with Gasteiger partial charge in [0.25, 0.3) is 5.91 Å². The number of nitrogens with one attached hydrogen (secondary N) is 1. The van der Waals surface area contributed by atoms with Crippen LogP contribution in [0.5, 0.6) is 23.5 Å². The van der Waals surface area contributed by atoms with E-state index in [-0.39, 0.29) is 42.3 Å². The molecule has 2 aromatic rings. The van der Waals surface area contributed by atoms with Crippen LogP contribution in [0.25, 0.3) is 0 Å². The van der Waals surface area contributed by atoms with Gasteiger partial charge in [-0.1, -0.05) is 12.1 Å². The Bertz CT molecular complexity index is 894. The van der Waals surface area contributed by atoms with Gasteiger partial charge < -0.3 is 29.0 Å². The van der Waals surface area contributed by atoms with Crippen molar-refractivity contribution in [2.75, 3.05) is 27.4 Å². The highest BCUT2D eigenvalue weighted by Gasteiger charge is 2.32. The first-order valence-corrected chi connectivity index (χ1v) is 9.31. The van der Waals surface area contributed by atoms with Crippen LogP contribution >= 0.6 is 0 Å². The van der Waals surface area contributed by atoms with E-state index in [0.29, 0.717) is 0 Å². The number of hydrogen-bond acceptors (Lipinski definition) is 10. The molecule has 0 aliphatic carbocycles. The highest BCUT2D eigenvalue weighted by molar-refractivity contribution is 6.06. The van der Waals surface area contributed by atoms with Crippen molar-refractivity contribution in [3.05, 3.63) is 35.9 Å². The molecule has 11 heteroatoms. The Kier molecular flexibility index (Phi) is 8.55. The molecule has 0 saturated heterocycles. The number of benzene rings is 1. The van der Waals surface area contributed by atoms with Gasteiger partial charge in [0.1, 0.15) is 5.75 Å². The fraction of sp³-hybridized carbons (Fsp3) is 0.350. The van der Waals surface area contributed by atoms with E-state index < -0.39 is 23.9 Å². The van der Waals surface area contributed by atoms with Crippen molar-refractivity contribution in [1.29, 1.82) is 0 Å². The minimum absolute atomic E-state index is 0.0199. The van der Waals surface area contributed by atoms with Crippen molar-refractivity contribution >= 4 is 17.8 Å². The van der Waals surface area contributed by atoms with Crippen molar-refractivity contribution < 1.29 is 38.1 Å². The van der Waals surface area contributed by atoms with Gasteiger partial charge in [-0.15, -0.1) is 0 Å². The molecule has 1 amide bonds. The zero-order valence-electron chi connectivity index (χ0n) is 17.5. The molecule has 1 heterocycles. The molecule has 0 bridgehead atoms. The van der Waals surface area contributed by atoms with E-state index in [9.17, 15) is 14.4 Å². The summed E-state index contributed by atoms with van der Waals surface area (Å²) in [4.78, 5) is 45.2. The first kappa shape index (κ1) is 23.4. The average molecular weight is 433 g/mol. The van der Waals surface area contributed by atoms with Gasteiger partial charge in [0.15, 0.2) is 0 Å². The predicted octanol–water partition coefficient (Wildman–Crippen LogP) is 1.51. The van der Waals surface area contributed by atoms with Crippen LogP contribution in [0.3, 0.4) is 0 Å². The van der Waals surface area contributed by atoms with Gasteiger partial charge in [0, 0.05) is 0 Å². The fourth-order valence-corrected chi connectivity index (χ4v) is 2.35. The van der Waals surface area contributed by atoms with Crippen molar-refractivity contribution in [2.24, 2.45) is 0 Å². The number of para-hydroxylation sites is 1. The minimum atomic E-state index is -1.63. The van der Waals surface area contributed by atoms with E-state index in [4.69, 9.17) is 23.7 Å². The van der Waals surface area contributed by atoms with Gasteiger partial charge in [-0.05, 0) is 26.0 Å². The number of rotatable bonds is 10. The monoisotopic (exact) mass is 433 g/mol. The van der Waals surface area contributed by atoms with Crippen molar-refractivity contribution in [3.63, 3.8) is 0 Å². The molecule has 0 aliphatic rings. The zero-order valence-corrected chi connectivity index (χ0v) is 17.5. The Labute approximate surface area is 178 Å². The number of amides is 1. The summed E-state index contributed by atoms with van der Waals surface area (Å²) in [6.07, 6.45) is 0. The van der Waals surface area contributed by atoms with Crippen molar-refractivity contribution in [2.45, 2.75) is 19.9 Å². The Morgan fingerprint density at radius 1 is 0.935 bits per heavy atom. The maximum absolute atomic E-state index is 12.8. The number of nitrogens with zero attached hydrogens (tertiary/aromatic N) is 2. The molecule has 11 nitrogen and oxygen atoms in total. The van der Waals surface area contributed by atoms with Crippen LogP contribution in [-0.2, 0) is 19.1 Å². The molecule has 0 spiro atoms.